The summed E-state index contributed by atoms with van der Waals surface area (Å²) >= 11 is 0. The van der Waals surface area contributed by atoms with E-state index in [9.17, 15) is 14.7 Å². The SMILES string of the molecule is CC(=O)N1CCc2c(cccc2OCC(=O)NCC(O)CN2CCc3ccccc3C2)C1. The van der Waals surface area contributed by atoms with Crippen LogP contribution in [0.3, 0.4) is 0 Å². The maximum atomic E-state index is 12.3. The van der Waals surface area contributed by atoms with Gasteiger partial charge in [-0.25, -0.2) is 0 Å². The lowest BCUT2D eigenvalue weighted by molar-refractivity contribution is -0.129. The number of nitrogens with zero attached hydrogens (tertiary/aromatic N) is 2. The molecule has 1 atom stereocenters. The second-order valence-corrected chi connectivity index (χ2v) is 8.58. The Kier molecular flexibility index (Phi) is 7.07. The minimum absolute atomic E-state index is 0.0636. The zero-order valence-electron chi connectivity index (χ0n) is 18.5. The first-order valence-electron chi connectivity index (χ1n) is 11.2. The monoisotopic (exact) mass is 437 g/mol. The van der Waals surface area contributed by atoms with Gasteiger partial charge in [0.25, 0.3) is 5.91 Å². The van der Waals surface area contributed by atoms with Gasteiger partial charge in [0.1, 0.15) is 5.75 Å². The molecule has 0 saturated carbocycles. The lowest BCUT2D eigenvalue weighted by atomic mass is 9.98. The highest BCUT2D eigenvalue weighted by atomic mass is 16.5. The van der Waals surface area contributed by atoms with Gasteiger partial charge >= 0.3 is 0 Å². The van der Waals surface area contributed by atoms with E-state index in [4.69, 9.17) is 4.74 Å². The Morgan fingerprint density at radius 3 is 2.62 bits per heavy atom. The van der Waals surface area contributed by atoms with E-state index in [2.05, 4.69) is 28.4 Å². The third-order valence-corrected chi connectivity index (χ3v) is 6.24. The molecule has 0 fully saturated rings. The van der Waals surface area contributed by atoms with E-state index in [1.54, 1.807) is 11.8 Å². The highest BCUT2D eigenvalue weighted by Crippen LogP contribution is 2.28. The number of β-amino-alcohol motifs (C(OH)–C–C–N with tert-alkyl or cyclic N) is 1. The molecular formula is C25H31N3O4. The second-order valence-electron chi connectivity index (χ2n) is 8.58. The molecule has 4 rings (SSSR count). The Balaban J connectivity index is 1.21. The fourth-order valence-corrected chi connectivity index (χ4v) is 4.48. The minimum atomic E-state index is -0.633. The Morgan fingerprint density at radius 2 is 1.81 bits per heavy atom. The standard InChI is InChI=1S/C25H31N3O4/c1-18(29)28-12-10-23-21(15-28)7-4-8-24(23)32-17-25(31)26-13-22(30)16-27-11-9-19-5-2-3-6-20(19)14-27/h2-8,22,30H,9-17H2,1H3,(H,26,31). The van der Waals surface area contributed by atoms with Crippen molar-refractivity contribution >= 4 is 11.8 Å². The molecule has 0 spiro atoms. The van der Waals surface area contributed by atoms with Gasteiger partial charge < -0.3 is 20.1 Å². The number of hydrogen-bond donors (Lipinski definition) is 2. The van der Waals surface area contributed by atoms with Gasteiger partial charge in [-0.15, -0.1) is 0 Å². The fraction of sp³-hybridized carbons (Fsp3) is 0.440. The Hall–Kier alpha value is -2.90. The number of hydrogen-bond acceptors (Lipinski definition) is 5. The van der Waals surface area contributed by atoms with Crippen molar-refractivity contribution in [1.29, 1.82) is 0 Å². The van der Waals surface area contributed by atoms with Crippen LogP contribution < -0.4 is 10.1 Å². The average molecular weight is 438 g/mol. The van der Waals surface area contributed by atoms with Gasteiger partial charge in [0.15, 0.2) is 6.61 Å². The van der Waals surface area contributed by atoms with Gasteiger partial charge in [-0.05, 0) is 35.6 Å². The van der Waals surface area contributed by atoms with Crippen LogP contribution in [0.2, 0.25) is 0 Å². The topological polar surface area (TPSA) is 82.1 Å². The summed E-state index contributed by atoms with van der Waals surface area (Å²) in [5.74, 6) is 0.494. The summed E-state index contributed by atoms with van der Waals surface area (Å²) in [5.41, 5.74) is 4.80. The predicted octanol–water partition coefficient (Wildman–Crippen LogP) is 1.51. The van der Waals surface area contributed by atoms with Crippen molar-refractivity contribution in [2.45, 2.75) is 39.0 Å². The van der Waals surface area contributed by atoms with Crippen molar-refractivity contribution in [3.8, 4) is 5.75 Å². The largest absolute Gasteiger partial charge is 0.483 e. The number of rotatable bonds is 7. The lowest BCUT2D eigenvalue weighted by Gasteiger charge is -2.30. The molecule has 2 heterocycles. The Labute approximate surface area is 189 Å². The lowest BCUT2D eigenvalue weighted by Crippen LogP contribution is -2.43. The van der Waals surface area contributed by atoms with E-state index < -0.39 is 6.10 Å². The third kappa shape index (κ3) is 5.47. The molecule has 0 aromatic heterocycles. The van der Waals surface area contributed by atoms with E-state index in [1.165, 1.54) is 11.1 Å². The highest BCUT2D eigenvalue weighted by Gasteiger charge is 2.22. The summed E-state index contributed by atoms with van der Waals surface area (Å²) in [7, 11) is 0. The molecule has 1 unspecified atom stereocenters. The number of amides is 2. The van der Waals surface area contributed by atoms with Gasteiger partial charge in [-0.1, -0.05) is 36.4 Å². The maximum absolute atomic E-state index is 12.3. The summed E-state index contributed by atoms with van der Waals surface area (Å²) < 4.78 is 5.78. The number of fused-ring (bicyclic) bond motifs is 2. The second kappa shape index (κ2) is 10.1. The summed E-state index contributed by atoms with van der Waals surface area (Å²) in [5, 5.41) is 13.2. The fourth-order valence-electron chi connectivity index (χ4n) is 4.48. The molecule has 0 bridgehead atoms. The van der Waals surface area contributed by atoms with Crippen LogP contribution in [0.4, 0.5) is 0 Å². The van der Waals surface area contributed by atoms with E-state index in [0.29, 0.717) is 31.8 Å². The predicted molar refractivity (Wildman–Crippen MR) is 121 cm³/mol. The van der Waals surface area contributed by atoms with Crippen molar-refractivity contribution < 1.29 is 19.4 Å². The van der Waals surface area contributed by atoms with Crippen molar-refractivity contribution in [3.05, 3.63) is 64.7 Å². The number of aliphatic hydroxyl groups is 1. The molecule has 7 heteroatoms. The molecule has 170 valence electrons. The molecule has 2 aromatic carbocycles. The van der Waals surface area contributed by atoms with Crippen LogP contribution in [0, 0.1) is 0 Å². The molecule has 2 aromatic rings. The van der Waals surface area contributed by atoms with Crippen LogP contribution in [0.15, 0.2) is 42.5 Å². The van der Waals surface area contributed by atoms with Gasteiger partial charge in [0, 0.05) is 51.8 Å². The number of carbonyl (C=O) groups excluding carboxylic acids is 2. The first kappa shape index (κ1) is 22.3. The average Bonchev–Trinajstić information content (AvgIpc) is 2.80. The van der Waals surface area contributed by atoms with Crippen LogP contribution in [0.5, 0.6) is 5.75 Å². The van der Waals surface area contributed by atoms with Crippen LogP contribution >= 0.6 is 0 Å². The molecular weight excluding hydrogens is 406 g/mol. The van der Waals surface area contributed by atoms with E-state index in [-0.39, 0.29) is 25.0 Å². The van der Waals surface area contributed by atoms with Gasteiger partial charge in [0.05, 0.1) is 6.10 Å². The summed E-state index contributed by atoms with van der Waals surface area (Å²) in [6.45, 7) is 5.15. The quantitative estimate of drug-likeness (QED) is 0.686. The van der Waals surface area contributed by atoms with Gasteiger partial charge in [-0.2, -0.15) is 0 Å². The molecule has 2 N–H and O–H groups in total. The van der Waals surface area contributed by atoms with E-state index in [0.717, 1.165) is 30.6 Å². The normalized spacial score (nSPS) is 16.6. The van der Waals surface area contributed by atoms with Gasteiger partial charge in [-0.3, -0.25) is 14.5 Å². The molecule has 2 amide bonds. The van der Waals surface area contributed by atoms with E-state index in [1.807, 2.05) is 24.3 Å². The molecule has 2 aliphatic heterocycles. The summed E-state index contributed by atoms with van der Waals surface area (Å²) in [4.78, 5) is 27.9. The van der Waals surface area contributed by atoms with Crippen LogP contribution in [0.1, 0.15) is 29.2 Å². The molecule has 7 nitrogen and oxygen atoms in total. The van der Waals surface area contributed by atoms with Crippen LogP contribution in [0.25, 0.3) is 0 Å². The minimum Gasteiger partial charge on any atom is -0.483 e. The van der Waals surface area contributed by atoms with Gasteiger partial charge in [0.2, 0.25) is 5.91 Å². The molecule has 0 saturated heterocycles. The first-order chi connectivity index (χ1) is 15.5. The van der Waals surface area contributed by atoms with Crippen LogP contribution in [-0.4, -0.2) is 65.6 Å². The van der Waals surface area contributed by atoms with Crippen LogP contribution in [-0.2, 0) is 35.5 Å². The highest BCUT2D eigenvalue weighted by molar-refractivity contribution is 5.77. The number of ether oxygens (including phenoxy) is 1. The zero-order chi connectivity index (χ0) is 22.5. The van der Waals surface area contributed by atoms with E-state index >= 15 is 0 Å². The summed E-state index contributed by atoms with van der Waals surface area (Å²) in [6.07, 6.45) is 1.06. The number of carbonyl (C=O) groups is 2. The molecule has 32 heavy (non-hydrogen) atoms. The van der Waals surface area contributed by atoms with Crippen molar-refractivity contribution in [2.75, 3.05) is 32.8 Å². The zero-order valence-corrected chi connectivity index (χ0v) is 18.5. The van der Waals surface area contributed by atoms with Crippen molar-refractivity contribution in [2.24, 2.45) is 0 Å². The number of benzene rings is 2. The maximum Gasteiger partial charge on any atom is 0.258 e. The number of aliphatic hydroxyl groups excluding tert-OH is 1. The Morgan fingerprint density at radius 1 is 1.03 bits per heavy atom. The smallest absolute Gasteiger partial charge is 0.258 e. The Bertz CT molecular complexity index is 977. The van der Waals surface area contributed by atoms with Crippen molar-refractivity contribution in [1.82, 2.24) is 15.1 Å². The third-order valence-electron chi connectivity index (χ3n) is 6.24. The first-order valence-corrected chi connectivity index (χ1v) is 11.2. The van der Waals surface area contributed by atoms with Crippen molar-refractivity contribution in [3.63, 3.8) is 0 Å². The number of nitrogens with one attached hydrogen (secondary N) is 1. The molecule has 0 radical (unpaired) electrons. The summed E-state index contributed by atoms with van der Waals surface area (Å²) in [6, 6.07) is 14.1. The molecule has 2 aliphatic rings. The molecule has 0 aliphatic carbocycles.